The number of aromatic nitrogens is 3. The van der Waals surface area contributed by atoms with Crippen LogP contribution in [0.4, 0.5) is 5.82 Å². The summed E-state index contributed by atoms with van der Waals surface area (Å²) in [5.41, 5.74) is 6.47. The van der Waals surface area contributed by atoms with Gasteiger partial charge in [0, 0.05) is 17.6 Å². The predicted octanol–water partition coefficient (Wildman–Crippen LogP) is 1.22. The first-order chi connectivity index (χ1) is 5.75. The van der Waals surface area contributed by atoms with Gasteiger partial charge in [-0.1, -0.05) is 0 Å². The smallest absolute Gasteiger partial charge is 0.210 e. The maximum atomic E-state index is 5.47. The SMILES string of the molecule is Cc1csc(-n2ccc(N)n2)n1. The van der Waals surface area contributed by atoms with E-state index in [1.807, 2.05) is 12.3 Å². The summed E-state index contributed by atoms with van der Waals surface area (Å²) in [6, 6.07) is 1.75. The number of hydrogen-bond acceptors (Lipinski definition) is 4. The molecule has 0 saturated heterocycles. The number of anilines is 1. The summed E-state index contributed by atoms with van der Waals surface area (Å²) in [5.74, 6) is 0.517. The Bertz CT molecular complexity index is 351. The highest BCUT2D eigenvalue weighted by Gasteiger charge is 2.01. The Morgan fingerprint density at radius 1 is 1.58 bits per heavy atom. The number of nitrogens with zero attached hydrogens (tertiary/aromatic N) is 3. The van der Waals surface area contributed by atoms with E-state index in [-0.39, 0.29) is 0 Å². The Kier molecular flexibility index (Phi) is 1.58. The molecule has 0 aromatic carbocycles. The fourth-order valence-corrected chi connectivity index (χ4v) is 1.63. The zero-order chi connectivity index (χ0) is 8.55. The second kappa shape index (κ2) is 2.60. The van der Waals surface area contributed by atoms with Crippen LogP contribution in [0.1, 0.15) is 5.69 Å². The van der Waals surface area contributed by atoms with Gasteiger partial charge in [0.2, 0.25) is 5.13 Å². The van der Waals surface area contributed by atoms with Crippen molar-refractivity contribution in [3.05, 3.63) is 23.3 Å². The number of aryl methyl sites for hydroxylation is 1. The molecule has 0 radical (unpaired) electrons. The van der Waals surface area contributed by atoms with E-state index >= 15 is 0 Å². The third kappa shape index (κ3) is 1.18. The zero-order valence-electron chi connectivity index (χ0n) is 6.56. The average Bonchev–Trinajstić information content (AvgIpc) is 2.58. The van der Waals surface area contributed by atoms with E-state index in [2.05, 4.69) is 10.1 Å². The Labute approximate surface area is 73.7 Å². The quantitative estimate of drug-likeness (QED) is 0.717. The summed E-state index contributed by atoms with van der Waals surface area (Å²) in [5, 5.41) is 6.87. The standard InChI is InChI=1S/C7H8N4S/c1-5-4-12-7(9-5)11-3-2-6(8)10-11/h2-4H,1H3,(H2,8,10). The molecule has 0 aliphatic rings. The lowest BCUT2D eigenvalue weighted by molar-refractivity contribution is 0.870. The minimum absolute atomic E-state index is 0.517. The van der Waals surface area contributed by atoms with Crippen molar-refractivity contribution in [2.24, 2.45) is 0 Å². The van der Waals surface area contributed by atoms with Gasteiger partial charge in [0.05, 0.1) is 5.69 Å². The van der Waals surface area contributed by atoms with Crippen LogP contribution in [-0.2, 0) is 0 Å². The van der Waals surface area contributed by atoms with E-state index < -0.39 is 0 Å². The van der Waals surface area contributed by atoms with Crippen LogP contribution in [0.3, 0.4) is 0 Å². The Balaban J connectivity index is 2.43. The monoisotopic (exact) mass is 180 g/mol. The summed E-state index contributed by atoms with van der Waals surface area (Å²) >= 11 is 1.55. The normalized spacial score (nSPS) is 10.4. The van der Waals surface area contributed by atoms with Gasteiger partial charge in [0.1, 0.15) is 5.82 Å². The molecular formula is C7H8N4S. The first-order valence-electron chi connectivity index (χ1n) is 3.49. The second-order valence-corrected chi connectivity index (χ2v) is 3.29. The summed E-state index contributed by atoms with van der Waals surface area (Å²) < 4.78 is 1.67. The summed E-state index contributed by atoms with van der Waals surface area (Å²) in [7, 11) is 0. The second-order valence-electron chi connectivity index (χ2n) is 2.46. The lowest BCUT2D eigenvalue weighted by atomic mass is 10.6. The van der Waals surface area contributed by atoms with Crippen LogP contribution in [0, 0.1) is 6.92 Å². The maximum absolute atomic E-state index is 5.47. The maximum Gasteiger partial charge on any atom is 0.210 e. The first-order valence-corrected chi connectivity index (χ1v) is 4.37. The zero-order valence-corrected chi connectivity index (χ0v) is 7.38. The topological polar surface area (TPSA) is 56.7 Å². The van der Waals surface area contributed by atoms with Crippen molar-refractivity contribution in [3.8, 4) is 5.13 Å². The average molecular weight is 180 g/mol. The number of nitrogens with two attached hydrogens (primary N) is 1. The van der Waals surface area contributed by atoms with E-state index in [9.17, 15) is 0 Å². The molecule has 0 saturated carbocycles. The van der Waals surface area contributed by atoms with E-state index in [0.29, 0.717) is 5.82 Å². The fraction of sp³-hybridized carbons (Fsp3) is 0.143. The molecule has 2 N–H and O–H groups in total. The van der Waals surface area contributed by atoms with Crippen LogP contribution in [0.2, 0.25) is 0 Å². The molecule has 2 aromatic rings. The van der Waals surface area contributed by atoms with Gasteiger partial charge in [-0.3, -0.25) is 0 Å². The van der Waals surface area contributed by atoms with Gasteiger partial charge in [0.25, 0.3) is 0 Å². The molecule has 0 unspecified atom stereocenters. The largest absolute Gasteiger partial charge is 0.382 e. The third-order valence-electron chi connectivity index (χ3n) is 1.41. The fourth-order valence-electron chi connectivity index (χ4n) is 0.891. The molecule has 62 valence electrons. The number of hydrogen-bond donors (Lipinski definition) is 1. The van der Waals surface area contributed by atoms with Crippen molar-refractivity contribution in [2.45, 2.75) is 6.92 Å². The highest BCUT2D eigenvalue weighted by Crippen LogP contribution is 2.13. The van der Waals surface area contributed by atoms with Gasteiger partial charge in [-0.15, -0.1) is 16.4 Å². The summed E-state index contributed by atoms with van der Waals surface area (Å²) in [6.07, 6.45) is 1.80. The van der Waals surface area contributed by atoms with E-state index in [0.717, 1.165) is 10.8 Å². The molecule has 0 aliphatic heterocycles. The van der Waals surface area contributed by atoms with Crippen LogP contribution in [0.15, 0.2) is 17.6 Å². The van der Waals surface area contributed by atoms with Gasteiger partial charge in [0.15, 0.2) is 0 Å². The molecular weight excluding hydrogens is 172 g/mol. The highest BCUT2D eigenvalue weighted by molar-refractivity contribution is 7.12. The molecule has 0 atom stereocenters. The van der Waals surface area contributed by atoms with Gasteiger partial charge in [-0.05, 0) is 6.92 Å². The minimum Gasteiger partial charge on any atom is -0.382 e. The summed E-state index contributed by atoms with van der Waals surface area (Å²) in [4.78, 5) is 4.26. The van der Waals surface area contributed by atoms with Crippen molar-refractivity contribution < 1.29 is 0 Å². The number of thiazole rings is 1. The Morgan fingerprint density at radius 2 is 2.42 bits per heavy atom. The van der Waals surface area contributed by atoms with Crippen LogP contribution in [0.25, 0.3) is 5.13 Å². The van der Waals surface area contributed by atoms with Gasteiger partial charge < -0.3 is 5.73 Å². The first kappa shape index (κ1) is 7.30. The van der Waals surface area contributed by atoms with Crippen molar-refractivity contribution in [2.75, 3.05) is 5.73 Å². The van der Waals surface area contributed by atoms with Crippen molar-refractivity contribution in [3.63, 3.8) is 0 Å². The minimum atomic E-state index is 0.517. The van der Waals surface area contributed by atoms with Gasteiger partial charge in [-0.2, -0.15) is 0 Å². The van der Waals surface area contributed by atoms with Crippen molar-refractivity contribution in [1.82, 2.24) is 14.8 Å². The molecule has 2 rings (SSSR count). The van der Waals surface area contributed by atoms with Gasteiger partial charge in [-0.25, -0.2) is 9.67 Å². The summed E-state index contributed by atoms with van der Waals surface area (Å²) in [6.45, 7) is 1.95. The molecule has 0 fully saturated rings. The van der Waals surface area contributed by atoms with E-state index in [1.165, 1.54) is 0 Å². The lowest BCUT2D eigenvalue weighted by Gasteiger charge is -1.91. The van der Waals surface area contributed by atoms with E-state index in [1.54, 1.807) is 28.3 Å². The highest BCUT2D eigenvalue weighted by atomic mass is 32.1. The molecule has 0 amide bonds. The molecule has 0 spiro atoms. The van der Waals surface area contributed by atoms with E-state index in [4.69, 9.17) is 5.73 Å². The Morgan fingerprint density at radius 3 is 2.92 bits per heavy atom. The molecule has 0 bridgehead atoms. The van der Waals surface area contributed by atoms with Crippen LogP contribution in [0.5, 0.6) is 0 Å². The molecule has 0 aliphatic carbocycles. The van der Waals surface area contributed by atoms with Gasteiger partial charge >= 0.3 is 0 Å². The third-order valence-corrected chi connectivity index (χ3v) is 2.36. The van der Waals surface area contributed by atoms with Crippen molar-refractivity contribution in [1.29, 1.82) is 0 Å². The predicted molar refractivity (Wildman–Crippen MR) is 48.4 cm³/mol. The molecule has 2 heterocycles. The molecule has 4 nitrogen and oxygen atoms in total. The van der Waals surface area contributed by atoms with Crippen LogP contribution in [-0.4, -0.2) is 14.8 Å². The molecule has 2 aromatic heterocycles. The number of rotatable bonds is 1. The van der Waals surface area contributed by atoms with Crippen molar-refractivity contribution >= 4 is 17.2 Å². The lowest BCUT2D eigenvalue weighted by Crippen LogP contribution is -1.95. The molecule has 5 heteroatoms. The Hall–Kier alpha value is -1.36. The number of nitrogen functional groups attached to an aromatic ring is 1. The molecule has 12 heavy (non-hydrogen) atoms. The van der Waals surface area contributed by atoms with Crippen LogP contribution >= 0.6 is 11.3 Å². The van der Waals surface area contributed by atoms with Crippen LogP contribution < -0.4 is 5.73 Å².